The molecule has 5 heteroatoms. The first kappa shape index (κ1) is 21.7. The van der Waals surface area contributed by atoms with Crippen molar-refractivity contribution in [3.8, 4) is 6.07 Å². The Morgan fingerprint density at radius 3 is 2.88 bits per heavy atom. The third-order valence-corrected chi connectivity index (χ3v) is 6.69. The number of benzene rings is 2. The van der Waals surface area contributed by atoms with Gasteiger partial charge in [0.1, 0.15) is 11.6 Å². The van der Waals surface area contributed by atoms with Crippen LogP contribution in [-0.4, -0.2) is 30.0 Å². The third-order valence-electron chi connectivity index (χ3n) is 6.69. The maximum atomic E-state index is 12.6. The van der Waals surface area contributed by atoms with Crippen LogP contribution in [0.25, 0.3) is 17.0 Å². The van der Waals surface area contributed by atoms with Crippen LogP contribution in [0.2, 0.25) is 0 Å². The second kappa shape index (κ2) is 8.55. The number of carbonyl (C=O) groups is 1. The maximum absolute atomic E-state index is 12.6. The van der Waals surface area contributed by atoms with Crippen LogP contribution in [-0.2, 0) is 11.2 Å². The van der Waals surface area contributed by atoms with Crippen molar-refractivity contribution < 1.29 is 4.79 Å². The van der Waals surface area contributed by atoms with Crippen LogP contribution < -0.4 is 10.2 Å². The summed E-state index contributed by atoms with van der Waals surface area (Å²) in [6, 6.07) is 16.4. The number of aromatic nitrogens is 1. The molecule has 1 aliphatic rings. The van der Waals surface area contributed by atoms with Crippen molar-refractivity contribution in [3.63, 3.8) is 0 Å². The highest BCUT2D eigenvalue weighted by molar-refractivity contribution is 6.01. The number of amides is 1. The normalized spacial score (nSPS) is 17.7. The van der Waals surface area contributed by atoms with Gasteiger partial charge in [0, 0.05) is 41.9 Å². The van der Waals surface area contributed by atoms with Gasteiger partial charge in [0.15, 0.2) is 0 Å². The fourth-order valence-electron chi connectivity index (χ4n) is 4.74. The monoisotopic (exact) mass is 426 g/mol. The van der Waals surface area contributed by atoms with Gasteiger partial charge >= 0.3 is 0 Å². The van der Waals surface area contributed by atoms with E-state index in [2.05, 4.69) is 67.3 Å². The molecule has 3 aromatic rings. The highest BCUT2D eigenvalue weighted by atomic mass is 16.1. The van der Waals surface area contributed by atoms with E-state index in [-0.39, 0.29) is 17.0 Å². The summed E-state index contributed by atoms with van der Waals surface area (Å²) in [6.45, 7) is 7.23. The number of para-hydroxylation sites is 1. The van der Waals surface area contributed by atoms with Crippen LogP contribution in [0.15, 0.2) is 54.2 Å². The van der Waals surface area contributed by atoms with Crippen LogP contribution in [0.1, 0.15) is 49.8 Å². The number of rotatable bonds is 5. The Hall–Kier alpha value is -3.52. The molecule has 2 aromatic carbocycles. The van der Waals surface area contributed by atoms with E-state index >= 15 is 0 Å². The lowest BCUT2D eigenvalue weighted by Gasteiger charge is -2.45. The number of aromatic amines is 1. The molecular formula is C27H30N4O. The second-order valence-corrected chi connectivity index (χ2v) is 9.33. The van der Waals surface area contributed by atoms with Crippen LogP contribution in [0.3, 0.4) is 0 Å². The Balaban J connectivity index is 1.46. The van der Waals surface area contributed by atoms with Gasteiger partial charge in [0.25, 0.3) is 5.91 Å². The molecule has 0 unspecified atom stereocenters. The molecule has 4 rings (SSSR count). The first-order valence-corrected chi connectivity index (χ1v) is 11.1. The van der Waals surface area contributed by atoms with Gasteiger partial charge in [-0.2, -0.15) is 5.26 Å². The van der Waals surface area contributed by atoms with Crippen molar-refractivity contribution in [3.05, 3.63) is 70.9 Å². The zero-order chi connectivity index (χ0) is 22.9. The number of nitriles is 1. The zero-order valence-corrected chi connectivity index (χ0v) is 19.2. The molecule has 0 bridgehead atoms. The number of hydrogen-bond donors (Lipinski definition) is 2. The molecule has 0 fully saturated rings. The first-order chi connectivity index (χ1) is 15.3. The first-order valence-electron chi connectivity index (χ1n) is 11.1. The number of carbonyl (C=O) groups excluding carboxylic acids is 1. The van der Waals surface area contributed by atoms with Gasteiger partial charge in [0.2, 0.25) is 0 Å². The maximum Gasteiger partial charge on any atom is 0.261 e. The molecule has 0 saturated carbocycles. The van der Waals surface area contributed by atoms with Gasteiger partial charge in [-0.1, -0.05) is 31.2 Å². The fourth-order valence-corrected chi connectivity index (χ4v) is 4.74. The third kappa shape index (κ3) is 4.13. The lowest BCUT2D eigenvalue weighted by Crippen LogP contribution is -2.45. The molecule has 32 heavy (non-hydrogen) atoms. The molecule has 2 heterocycles. The summed E-state index contributed by atoms with van der Waals surface area (Å²) in [4.78, 5) is 18.2. The van der Waals surface area contributed by atoms with E-state index in [1.165, 1.54) is 11.3 Å². The summed E-state index contributed by atoms with van der Waals surface area (Å²) in [5.74, 6) is 0.0800. The quantitative estimate of drug-likeness (QED) is 0.437. The smallest absolute Gasteiger partial charge is 0.261 e. The minimum atomic E-state index is -0.337. The lowest BCUT2D eigenvalue weighted by atomic mass is 9.80. The van der Waals surface area contributed by atoms with Crippen molar-refractivity contribution in [2.75, 3.05) is 18.5 Å². The highest BCUT2D eigenvalue weighted by Crippen LogP contribution is 2.42. The minimum absolute atomic E-state index is 0.103. The second-order valence-electron chi connectivity index (χ2n) is 9.33. The molecule has 1 amide bonds. The van der Waals surface area contributed by atoms with Crippen molar-refractivity contribution in [1.29, 1.82) is 5.26 Å². The Labute approximate surface area is 189 Å². The molecular weight excluding hydrogens is 396 g/mol. The van der Waals surface area contributed by atoms with Crippen molar-refractivity contribution in [1.82, 2.24) is 10.3 Å². The number of hydrogen-bond acceptors (Lipinski definition) is 3. The minimum Gasteiger partial charge on any atom is -0.369 e. The summed E-state index contributed by atoms with van der Waals surface area (Å²) in [7, 11) is 2.13. The molecule has 1 atom stereocenters. The van der Waals surface area contributed by atoms with Gasteiger partial charge in [-0.15, -0.1) is 0 Å². The summed E-state index contributed by atoms with van der Waals surface area (Å²) < 4.78 is 0. The number of H-pyrrole nitrogens is 1. The van der Waals surface area contributed by atoms with E-state index in [0.717, 1.165) is 28.5 Å². The highest BCUT2D eigenvalue weighted by Gasteiger charge is 2.33. The zero-order valence-electron chi connectivity index (χ0n) is 19.2. The van der Waals surface area contributed by atoms with E-state index in [4.69, 9.17) is 0 Å². The number of nitrogens with zero attached hydrogens (tertiary/aromatic N) is 2. The van der Waals surface area contributed by atoms with E-state index < -0.39 is 0 Å². The average Bonchev–Trinajstić information content (AvgIpc) is 3.18. The molecule has 164 valence electrons. The largest absolute Gasteiger partial charge is 0.369 e. The van der Waals surface area contributed by atoms with E-state index in [0.29, 0.717) is 18.9 Å². The fraction of sp³-hybridized carbons (Fsp3) is 0.333. The van der Waals surface area contributed by atoms with Gasteiger partial charge in [-0.3, -0.25) is 4.79 Å². The molecule has 0 saturated heterocycles. The standard InChI is InChI=1S/C27H30N4O/c1-18-15-27(2,3)31(4)25-10-9-19(14-23(18)25)13-21(16-28)26(32)29-12-11-20-17-30-24-8-6-5-7-22(20)24/h5-10,13-14,17-18,30H,11-12,15H2,1-4H3,(H,29,32)/b21-13-/t18-/m0/s1. The predicted octanol–water partition coefficient (Wildman–Crippen LogP) is 5.16. The Kier molecular flexibility index (Phi) is 5.80. The van der Waals surface area contributed by atoms with E-state index in [9.17, 15) is 10.1 Å². The Morgan fingerprint density at radius 1 is 1.31 bits per heavy atom. The number of nitrogens with one attached hydrogen (secondary N) is 2. The molecule has 0 aliphatic carbocycles. The van der Waals surface area contributed by atoms with Crippen LogP contribution in [0, 0.1) is 11.3 Å². The van der Waals surface area contributed by atoms with Crippen LogP contribution in [0.4, 0.5) is 5.69 Å². The SMILES string of the molecule is C[C@H]1CC(C)(C)N(C)c2ccc(/C=C(/C#N)C(=O)NCCc3c[nH]c4ccccc34)cc21. The van der Waals surface area contributed by atoms with E-state index in [1.807, 2.05) is 30.5 Å². The number of fused-ring (bicyclic) bond motifs is 2. The van der Waals surface area contributed by atoms with Gasteiger partial charge in [-0.25, -0.2) is 0 Å². The summed E-state index contributed by atoms with van der Waals surface area (Å²) in [6.07, 6.45) is 5.42. The van der Waals surface area contributed by atoms with Crippen molar-refractivity contribution in [2.45, 2.75) is 45.1 Å². The molecule has 0 radical (unpaired) electrons. The van der Waals surface area contributed by atoms with Crippen molar-refractivity contribution >= 4 is 28.6 Å². The predicted molar refractivity (Wildman–Crippen MR) is 131 cm³/mol. The Bertz CT molecular complexity index is 1230. The van der Waals surface area contributed by atoms with Gasteiger partial charge in [-0.05, 0) is 73.6 Å². The van der Waals surface area contributed by atoms with Crippen LogP contribution in [0.5, 0.6) is 0 Å². The van der Waals surface area contributed by atoms with E-state index in [1.54, 1.807) is 6.08 Å². The summed E-state index contributed by atoms with van der Waals surface area (Å²) >= 11 is 0. The van der Waals surface area contributed by atoms with Gasteiger partial charge in [0.05, 0.1) is 0 Å². The van der Waals surface area contributed by atoms with Crippen molar-refractivity contribution in [2.24, 2.45) is 0 Å². The lowest BCUT2D eigenvalue weighted by molar-refractivity contribution is -0.117. The molecule has 2 N–H and O–H groups in total. The molecule has 0 spiro atoms. The average molecular weight is 427 g/mol. The Morgan fingerprint density at radius 2 is 2.09 bits per heavy atom. The molecule has 1 aromatic heterocycles. The topological polar surface area (TPSA) is 71.9 Å². The van der Waals surface area contributed by atoms with Gasteiger partial charge < -0.3 is 15.2 Å². The summed E-state index contributed by atoms with van der Waals surface area (Å²) in [5, 5.41) is 13.6. The number of anilines is 1. The molecule has 1 aliphatic heterocycles. The van der Waals surface area contributed by atoms with Crippen LogP contribution >= 0.6 is 0 Å². The summed E-state index contributed by atoms with van der Waals surface area (Å²) in [5.41, 5.74) is 5.83. The molecule has 5 nitrogen and oxygen atoms in total.